The van der Waals surface area contributed by atoms with Crippen LogP contribution in [-0.4, -0.2) is 51.8 Å². The van der Waals surface area contributed by atoms with E-state index in [1.54, 1.807) is 11.3 Å². The molecule has 4 rings (SSSR count). The molecule has 0 spiro atoms. The number of piperidine rings is 1. The first-order valence-corrected chi connectivity index (χ1v) is 9.29. The van der Waals surface area contributed by atoms with Gasteiger partial charge in [-0.2, -0.15) is 5.10 Å². The van der Waals surface area contributed by atoms with Gasteiger partial charge in [-0.3, -0.25) is 4.79 Å². The number of likely N-dealkylation sites (tertiary alicyclic amines) is 1. The van der Waals surface area contributed by atoms with E-state index in [1.165, 1.54) is 0 Å². The van der Waals surface area contributed by atoms with Crippen LogP contribution in [0.25, 0.3) is 10.3 Å². The van der Waals surface area contributed by atoms with Crippen molar-refractivity contribution in [2.24, 2.45) is 13.0 Å². The summed E-state index contributed by atoms with van der Waals surface area (Å²) in [5, 5.41) is 5.45. The molecule has 0 saturated carbocycles. The Hall–Kier alpha value is -1.63. The number of hydrogen-bond donors (Lipinski definition) is 0. The molecule has 7 heteroatoms. The minimum atomic E-state index is 0.132. The molecule has 0 radical (unpaired) electrons. The van der Waals surface area contributed by atoms with Gasteiger partial charge in [0, 0.05) is 33.2 Å². The summed E-state index contributed by atoms with van der Waals surface area (Å²) in [6, 6.07) is 0. The number of rotatable bonds is 2. The maximum atomic E-state index is 12.7. The number of anilines is 1. The zero-order chi connectivity index (χ0) is 16.0. The van der Waals surface area contributed by atoms with Crippen molar-refractivity contribution < 1.29 is 4.79 Å². The Bertz CT molecular complexity index is 696. The second-order valence-electron chi connectivity index (χ2n) is 6.68. The molecule has 2 aromatic rings. The van der Waals surface area contributed by atoms with Crippen LogP contribution in [0.4, 0.5) is 5.13 Å². The van der Waals surface area contributed by atoms with Crippen LogP contribution in [0.15, 0.2) is 0 Å². The number of fused-ring (bicyclic) bond motifs is 1. The van der Waals surface area contributed by atoms with Gasteiger partial charge < -0.3 is 9.80 Å². The summed E-state index contributed by atoms with van der Waals surface area (Å²) in [6.45, 7) is 5.72. The van der Waals surface area contributed by atoms with E-state index in [-0.39, 0.29) is 5.92 Å². The Kier molecular flexibility index (Phi) is 3.75. The molecule has 0 bridgehead atoms. The maximum absolute atomic E-state index is 12.7. The van der Waals surface area contributed by atoms with Crippen molar-refractivity contribution in [1.29, 1.82) is 0 Å². The highest BCUT2D eigenvalue weighted by Gasteiger charge is 2.31. The zero-order valence-corrected chi connectivity index (χ0v) is 14.6. The standard InChI is InChI=1S/C16H23N5OS/c1-11-13-14(19(2)18-11)17-16(23-13)21-9-5-6-12(10-21)15(22)20-7-3-4-8-20/h12H,3-10H2,1-2H3. The molecule has 124 valence electrons. The second-order valence-corrected chi connectivity index (χ2v) is 7.65. The maximum Gasteiger partial charge on any atom is 0.227 e. The largest absolute Gasteiger partial charge is 0.347 e. The van der Waals surface area contributed by atoms with Gasteiger partial charge in [-0.25, -0.2) is 9.67 Å². The topological polar surface area (TPSA) is 54.3 Å². The van der Waals surface area contributed by atoms with Gasteiger partial charge >= 0.3 is 0 Å². The van der Waals surface area contributed by atoms with E-state index in [1.807, 2.05) is 18.7 Å². The smallest absolute Gasteiger partial charge is 0.227 e. The van der Waals surface area contributed by atoms with Crippen molar-refractivity contribution in [3.05, 3.63) is 5.69 Å². The Balaban J connectivity index is 1.53. The number of carbonyl (C=O) groups is 1. The van der Waals surface area contributed by atoms with Gasteiger partial charge in [0.1, 0.15) is 0 Å². The summed E-state index contributed by atoms with van der Waals surface area (Å²) in [6.07, 6.45) is 4.40. The third-order valence-electron chi connectivity index (χ3n) is 4.99. The Labute approximate surface area is 140 Å². The number of amides is 1. The van der Waals surface area contributed by atoms with E-state index in [0.717, 1.165) is 73.0 Å². The van der Waals surface area contributed by atoms with E-state index in [0.29, 0.717) is 5.91 Å². The average Bonchev–Trinajstić information content (AvgIpc) is 3.27. The summed E-state index contributed by atoms with van der Waals surface area (Å²) in [4.78, 5) is 21.8. The van der Waals surface area contributed by atoms with Crippen molar-refractivity contribution in [3.8, 4) is 0 Å². The normalized spacial score (nSPS) is 22.3. The summed E-state index contributed by atoms with van der Waals surface area (Å²) in [5.74, 6) is 0.485. The Morgan fingerprint density at radius 2 is 2.00 bits per heavy atom. The lowest BCUT2D eigenvalue weighted by atomic mass is 9.97. The summed E-state index contributed by atoms with van der Waals surface area (Å²) < 4.78 is 3.01. The molecule has 2 aliphatic rings. The molecule has 6 nitrogen and oxygen atoms in total. The molecular weight excluding hydrogens is 310 g/mol. The van der Waals surface area contributed by atoms with Gasteiger partial charge in [-0.05, 0) is 32.6 Å². The fourth-order valence-electron chi connectivity index (χ4n) is 3.76. The Morgan fingerprint density at radius 3 is 2.74 bits per heavy atom. The van der Waals surface area contributed by atoms with Crippen LogP contribution >= 0.6 is 11.3 Å². The number of hydrogen-bond acceptors (Lipinski definition) is 5. The molecule has 0 aromatic carbocycles. The van der Waals surface area contributed by atoms with Gasteiger partial charge in [-0.15, -0.1) is 0 Å². The number of thiazole rings is 1. The number of nitrogens with zero attached hydrogens (tertiary/aromatic N) is 5. The van der Waals surface area contributed by atoms with Crippen LogP contribution in [-0.2, 0) is 11.8 Å². The average molecular weight is 333 g/mol. The van der Waals surface area contributed by atoms with Crippen molar-refractivity contribution >= 4 is 32.7 Å². The van der Waals surface area contributed by atoms with E-state index in [2.05, 4.69) is 14.9 Å². The van der Waals surface area contributed by atoms with E-state index in [4.69, 9.17) is 4.98 Å². The molecule has 1 amide bonds. The first-order valence-electron chi connectivity index (χ1n) is 8.47. The van der Waals surface area contributed by atoms with Crippen molar-refractivity contribution in [3.63, 3.8) is 0 Å². The molecule has 2 fully saturated rings. The fraction of sp³-hybridized carbons (Fsp3) is 0.688. The molecule has 4 heterocycles. The zero-order valence-electron chi connectivity index (χ0n) is 13.8. The fourth-order valence-corrected chi connectivity index (χ4v) is 4.82. The van der Waals surface area contributed by atoms with Crippen LogP contribution in [0.5, 0.6) is 0 Å². The van der Waals surface area contributed by atoms with E-state index >= 15 is 0 Å². The van der Waals surface area contributed by atoms with E-state index in [9.17, 15) is 4.79 Å². The predicted octanol–water partition coefficient (Wildman–Crippen LogP) is 2.18. The predicted molar refractivity (Wildman–Crippen MR) is 91.9 cm³/mol. The highest BCUT2D eigenvalue weighted by molar-refractivity contribution is 7.22. The third kappa shape index (κ3) is 2.60. The van der Waals surface area contributed by atoms with Crippen LogP contribution in [0, 0.1) is 12.8 Å². The lowest BCUT2D eigenvalue weighted by Gasteiger charge is -2.33. The van der Waals surface area contributed by atoms with Crippen molar-refractivity contribution in [2.75, 3.05) is 31.1 Å². The summed E-state index contributed by atoms with van der Waals surface area (Å²) in [7, 11) is 1.94. The SMILES string of the molecule is Cc1nn(C)c2nc(N3CCCC(C(=O)N4CCCC4)C3)sc12. The lowest BCUT2D eigenvalue weighted by Crippen LogP contribution is -2.44. The molecule has 2 aromatic heterocycles. The van der Waals surface area contributed by atoms with Crippen LogP contribution in [0.1, 0.15) is 31.4 Å². The summed E-state index contributed by atoms with van der Waals surface area (Å²) >= 11 is 1.70. The number of carbonyl (C=O) groups excluding carboxylic acids is 1. The molecule has 23 heavy (non-hydrogen) atoms. The van der Waals surface area contributed by atoms with Crippen LogP contribution in [0.2, 0.25) is 0 Å². The molecule has 0 aliphatic carbocycles. The molecule has 1 unspecified atom stereocenters. The van der Waals surface area contributed by atoms with Gasteiger partial charge in [0.25, 0.3) is 0 Å². The van der Waals surface area contributed by atoms with Crippen LogP contribution in [0.3, 0.4) is 0 Å². The minimum absolute atomic E-state index is 0.132. The first kappa shape index (κ1) is 14.9. The molecular formula is C16H23N5OS. The van der Waals surface area contributed by atoms with Gasteiger partial charge in [0.15, 0.2) is 10.8 Å². The van der Waals surface area contributed by atoms with Gasteiger partial charge in [0.05, 0.1) is 16.3 Å². The highest BCUT2D eigenvalue weighted by atomic mass is 32.1. The summed E-state index contributed by atoms with van der Waals surface area (Å²) in [5.41, 5.74) is 1.99. The molecule has 2 aliphatic heterocycles. The van der Waals surface area contributed by atoms with Crippen molar-refractivity contribution in [2.45, 2.75) is 32.6 Å². The van der Waals surface area contributed by atoms with Crippen LogP contribution < -0.4 is 4.90 Å². The lowest BCUT2D eigenvalue weighted by molar-refractivity contribution is -0.134. The first-order chi connectivity index (χ1) is 11.1. The molecule has 1 atom stereocenters. The minimum Gasteiger partial charge on any atom is -0.347 e. The number of aryl methyl sites for hydroxylation is 2. The molecule has 2 saturated heterocycles. The molecule has 0 N–H and O–H groups in total. The van der Waals surface area contributed by atoms with Gasteiger partial charge in [-0.1, -0.05) is 11.3 Å². The second kappa shape index (κ2) is 5.78. The number of aromatic nitrogens is 3. The monoisotopic (exact) mass is 333 g/mol. The third-order valence-corrected chi connectivity index (χ3v) is 6.21. The van der Waals surface area contributed by atoms with Gasteiger partial charge in [0.2, 0.25) is 5.91 Å². The highest BCUT2D eigenvalue weighted by Crippen LogP contribution is 2.33. The Morgan fingerprint density at radius 1 is 1.22 bits per heavy atom. The van der Waals surface area contributed by atoms with E-state index < -0.39 is 0 Å². The van der Waals surface area contributed by atoms with Crippen molar-refractivity contribution in [1.82, 2.24) is 19.7 Å². The quantitative estimate of drug-likeness (QED) is 0.845.